The molecular weight excluding hydrogens is 524 g/mol. The maximum atomic E-state index is 13.3. The number of carbonyl (C=O) groups excluding carboxylic acids is 4. The summed E-state index contributed by atoms with van der Waals surface area (Å²) >= 11 is 1.43. The predicted octanol–water partition coefficient (Wildman–Crippen LogP) is 1.92. The lowest BCUT2D eigenvalue weighted by atomic mass is 10.0. The average molecular weight is 562 g/mol. The van der Waals surface area contributed by atoms with Gasteiger partial charge in [-0.1, -0.05) is 18.2 Å². The van der Waals surface area contributed by atoms with Crippen molar-refractivity contribution in [1.82, 2.24) is 10.2 Å². The van der Waals surface area contributed by atoms with E-state index in [1.54, 1.807) is 58.2 Å². The lowest BCUT2D eigenvalue weighted by Gasteiger charge is -2.49. The molecule has 1 aromatic carbocycles. The zero-order chi connectivity index (χ0) is 29.0. The van der Waals surface area contributed by atoms with E-state index in [4.69, 9.17) is 19.9 Å². The lowest BCUT2D eigenvalue weighted by molar-refractivity contribution is -0.876. The molecule has 2 aliphatic rings. The molecule has 1 fully saturated rings. The maximum absolute atomic E-state index is 13.3. The van der Waals surface area contributed by atoms with Gasteiger partial charge in [-0.2, -0.15) is 0 Å². The number of likely N-dealkylation sites (N-methyl/N-ethyl adjacent to an activating group) is 1. The zero-order valence-corrected chi connectivity index (χ0v) is 24.0. The highest BCUT2D eigenvalue weighted by atomic mass is 32.2. The molecule has 1 saturated heterocycles. The van der Waals surface area contributed by atoms with E-state index in [0.29, 0.717) is 28.1 Å². The first kappa shape index (κ1) is 30.0. The van der Waals surface area contributed by atoms with Gasteiger partial charge in [-0.05, 0) is 50.1 Å². The number of esters is 1. The van der Waals surface area contributed by atoms with Crippen LogP contribution >= 0.6 is 11.8 Å². The van der Waals surface area contributed by atoms with Crippen LogP contribution in [-0.4, -0.2) is 90.3 Å². The molecule has 0 aliphatic carbocycles. The summed E-state index contributed by atoms with van der Waals surface area (Å²) in [7, 11) is 5.30. The van der Waals surface area contributed by atoms with Gasteiger partial charge in [0.05, 0.1) is 27.7 Å². The number of primary amides is 1. The molecule has 12 heteroatoms. The fraction of sp³-hybridized carbons (Fsp3) is 0.481. The van der Waals surface area contributed by atoms with Crippen LogP contribution in [0.4, 0.5) is 4.79 Å². The highest BCUT2D eigenvalue weighted by Gasteiger charge is 2.54. The number of β-lactam (4-membered cyclic amide) rings is 1. The van der Waals surface area contributed by atoms with Gasteiger partial charge in [0.1, 0.15) is 35.1 Å². The van der Waals surface area contributed by atoms with Crippen LogP contribution < -0.4 is 15.8 Å². The van der Waals surface area contributed by atoms with Crippen molar-refractivity contribution in [2.24, 2.45) is 5.73 Å². The number of benzene rings is 1. The first-order valence-corrected chi connectivity index (χ1v) is 13.5. The van der Waals surface area contributed by atoms with Crippen LogP contribution in [0.15, 0.2) is 47.7 Å². The monoisotopic (exact) mass is 561 g/mol. The van der Waals surface area contributed by atoms with Crippen LogP contribution in [0.3, 0.4) is 0 Å². The fourth-order valence-corrected chi connectivity index (χ4v) is 5.42. The summed E-state index contributed by atoms with van der Waals surface area (Å²) < 4.78 is 16.4. The number of fused-ring (bicyclic) bond motifs is 1. The summed E-state index contributed by atoms with van der Waals surface area (Å²) in [6.07, 6.45) is 2.92. The molecule has 0 radical (unpaired) electrons. The van der Waals surface area contributed by atoms with E-state index >= 15 is 0 Å². The summed E-state index contributed by atoms with van der Waals surface area (Å²) in [5, 5.41) is 2.14. The Kier molecular flexibility index (Phi) is 9.34. The highest BCUT2D eigenvalue weighted by molar-refractivity contribution is 8.00. The minimum Gasteiger partial charge on any atom is -0.497 e. The van der Waals surface area contributed by atoms with Crippen LogP contribution in [0.1, 0.15) is 26.3 Å². The molecule has 2 atom stereocenters. The van der Waals surface area contributed by atoms with Gasteiger partial charge in [0.15, 0.2) is 6.54 Å². The van der Waals surface area contributed by atoms with Gasteiger partial charge in [0.2, 0.25) is 0 Å². The summed E-state index contributed by atoms with van der Waals surface area (Å²) in [6.45, 7) is 5.84. The molecule has 2 aliphatic heterocycles. The number of nitrogens with one attached hydrogen (secondary N) is 1. The number of nitrogens with zero attached hydrogens (tertiary/aromatic N) is 2. The lowest BCUT2D eigenvalue weighted by Crippen LogP contribution is -2.70. The number of hydrogen-bond donors (Lipinski definition) is 2. The van der Waals surface area contributed by atoms with Crippen molar-refractivity contribution in [1.29, 1.82) is 0 Å². The smallest absolute Gasteiger partial charge is 0.408 e. The second-order valence-electron chi connectivity index (χ2n) is 11.0. The summed E-state index contributed by atoms with van der Waals surface area (Å²) in [6, 6.07) is 6.28. The molecule has 0 aromatic heterocycles. The predicted molar refractivity (Wildman–Crippen MR) is 146 cm³/mol. The number of alkyl carbamates (subject to hydrolysis) is 1. The van der Waals surface area contributed by atoms with Gasteiger partial charge in [-0.15, -0.1) is 11.8 Å². The number of nitrogens with two attached hydrogens (primary N) is 1. The van der Waals surface area contributed by atoms with Crippen molar-refractivity contribution >= 4 is 35.6 Å². The van der Waals surface area contributed by atoms with E-state index in [2.05, 4.69) is 5.32 Å². The average Bonchev–Trinajstić information content (AvgIpc) is 2.83. The number of quaternary nitrogens is 1. The fourth-order valence-electron chi connectivity index (χ4n) is 4.10. The molecule has 0 spiro atoms. The molecule has 3 N–H and O–H groups in total. The summed E-state index contributed by atoms with van der Waals surface area (Å²) in [5.74, 6) is -0.398. The second-order valence-corrected chi connectivity index (χ2v) is 12.1. The molecule has 2 heterocycles. The van der Waals surface area contributed by atoms with Crippen molar-refractivity contribution in [2.45, 2.75) is 44.4 Å². The molecule has 11 nitrogen and oxygen atoms in total. The zero-order valence-electron chi connectivity index (χ0n) is 23.2. The molecule has 0 bridgehead atoms. The molecule has 39 heavy (non-hydrogen) atoms. The summed E-state index contributed by atoms with van der Waals surface area (Å²) in [5.41, 5.74) is 6.13. The van der Waals surface area contributed by atoms with Crippen molar-refractivity contribution < 1.29 is 37.9 Å². The molecule has 3 rings (SSSR count). The van der Waals surface area contributed by atoms with E-state index < -0.39 is 40.9 Å². The number of rotatable bonds is 10. The number of amides is 3. The minimum atomic E-state index is -0.828. The third kappa shape index (κ3) is 7.99. The van der Waals surface area contributed by atoms with Gasteiger partial charge in [-0.3, -0.25) is 14.5 Å². The van der Waals surface area contributed by atoms with Gasteiger partial charge >= 0.3 is 12.1 Å². The van der Waals surface area contributed by atoms with E-state index in [1.165, 1.54) is 16.7 Å². The standard InChI is InChI=1S/C27H36N4O7S/c1-27(2,3)38-26(35)29-21-23(33)30-22(25(34)37-15-17-9-11-19(36-6)12-10-17)18(16-39-24(21)30)8-7-13-31(4,5)14-20(28)32/h7-12,21,24H,13-16H2,1-6H3,(H2-,28,29,32,35)/p+1/b8-7+/t21-,24-/m1/s1. The molecular formula is C27H37N4O7S+. The Morgan fingerprint density at radius 1 is 1.21 bits per heavy atom. The highest BCUT2D eigenvalue weighted by Crippen LogP contribution is 2.41. The number of hydrogen-bond acceptors (Lipinski definition) is 8. The van der Waals surface area contributed by atoms with E-state index in [1.807, 2.05) is 20.2 Å². The normalized spacial score (nSPS) is 19.3. The Morgan fingerprint density at radius 3 is 2.46 bits per heavy atom. The third-order valence-electron chi connectivity index (χ3n) is 5.89. The minimum absolute atomic E-state index is 0.00524. The van der Waals surface area contributed by atoms with Crippen LogP contribution in [0.25, 0.3) is 0 Å². The molecule has 3 amide bonds. The largest absolute Gasteiger partial charge is 0.497 e. The molecule has 212 valence electrons. The maximum Gasteiger partial charge on any atom is 0.408 e. The van der Waals surface area contributed by atoms with Gasteiger partial charge < -0.3 is 29.7 Å². The second kappa shape index (κ2) is 12.1. The van der Waals surface area contributed by atoms with Gasteiger partial charge in [0.25, 0.3) is 11.8 Å². The van der Waals surface area contributed by atoms with Crippen LogP contribution in [-0.2, 0) is 30.5 Å². The van der Waals surface area contributed by atoms with Crippen molar-refractivity contribution in [3.8, 4) is 5.75 Å². The number of carbonyl (C=O) groups is 4. The molecule has 0 saturated carbocycles. The molecule has 0 unspecified atom stereocenters. The summed E-state index contributed by atoms with van der Waals surface area (Å²) in [4.78, 5) is 51.6. The Bertz CT molecular complexity index is 1170. The van der Waals surface area contributed by atoms with Crippen molar-refractivity contribution in [3.63, 3.8) is 0 Å². The van der Waals surface area contributed by atoms with E-state index in [0.717, 1.165) is 5.56 Å². The third-order valence-corrected chi connectivity index (χ3v) is 7.20. The SMILES string of the molecule is COc1ccc(COC(=O)C2=C(/C=C/C[N+](C)(C)CC(N)=O)CS[C@@H]3[C@H](NC(=O)OC(C)(C)C)C(=O)N23)cc1. The Hall–Kier alpha value is -3.51. The van der Waals surface area contributed by atoms with E-state index in [9.17, 15) is 19.2 Å². The number of allylic oxidation sites excluding steroid dienone is 1. The van der Waals surface area contributed by atoms with E-state index in [-0.39, 0.29) is 18.8 Å². The molecule has 1 aromatic rings. The number of thioether (sulfide) groups is 1. The Balaban J connectivity index is 1.81. The Morgan fingerprint density at radius 2 is 1.87 bits per heavy atom. The topological polar surface area (TPSA) is 137 Å². The Labute approximate surface area is 232 Å². The van der Waals surface area contributed by atoms with Gasteiger partial charge in [0, 0.05) is 5.75 Å². The number of ether oxygens (including phenoxy) is 3. The quantitative estimate of drug-likeness (QED) is 0.251. The van der Waals surface area contributed by atoms with Crippen LogP contribution in [0, 0.1) is 0 Å². The van der Waals surface area contributed by atoms with Crippen molar-refractivity contribution in [3.05, 3.63) is 53.3 Å². The van der Waals surface area contributed by atoms with Crippen LogP contribution in [0.5, 0.6) is 5.75 Å². The van der Waals surface area contributed by atoms with Crippen molar-refractivity contribution in [2.75, 3.05) is 40.0 Å². The van der Waals surface area contributed by atoms with Gasteiger partial charge in [-0.25, -0.2) is 9.59 Å². The first-order valence-electron chi connectivity index (χ1n) is 12.4. The first-order chi connectivity index (χ1) is 18.2. The number of methoxy groups -OCH3 is 1. The van der Waals surface area contributed by atoms with Crippen LogP contribution in [0.2, 0.25) is 0 Å².